The molecule has 3 aromatic rings. The molecule has 0 saturated carbocycles. The van der Waals surface area contributed by atoms with Gasteiger partial charge in [-0.1, -0.05) is 18.2 Å². The van der Waals surface area contributed by atoms with Crippen molar-refractivity contribution in [1.29, 1.82) is 0 Å². The third-order valence-electron chi connectivity index (χ3n) is 3.21. The van der Waals surface area contributed by atoms with Crippen LogP contribution in [0.4, 0.5) is 5.95 Å². The van der Waals surface area contributed by atoms with E-state index in [0.717, 1.165) is 21.2 Å². The Bertz CT molecular complexity index is 751. The van der Waals surface area contributed by atoms with Crippen molar-refractivity contribution in [2.75, 3.05) is 5.73 Å². The van der Waals surface area contributed by atoms with Crippen molar-refractivity contribution in [2.45, 2.75) is 13.8 Å². The van der Waals surface area contributed by atoms with Crippen LogP contribution in [0.25, 0.3) is 16.7 Å². The van der Waals surface area contributed by atoms with Gasteiger partial charge in [0.15, 0.2) is 0 Å². The first kappa shape index (κ1) is 12.2. The molecule has 0 amide bonds. The largest absolute Gasteiger partial charge is 0.369 e. The van der Waals surface area contributed by atoms with E-state index in [4.69, 9.17) is 5.73 Å². The van der Waals surface area contributed by atoms with Crippen molar-refractivity contribution >= 4 is 32.9 Å². The summed E-state index contributed by atoms with van der Waals surface area (Å²) >= 11 is 3.64. The normalized spacial score (nSPS) is 11.1. The van der Waals surface area contributed by atoms with Crippen LogP contribution in [0.1, 0.15) is 11.1 Å². The minimum atomic E-state index is 0.508. The fourth-order valence-electron chi connectivity index (χ4n) is 2.47. The van der Waals surface area contributed by atoms with E-state index in [1.54, 1.807) is 0 Å². The zero-order valence-electron chi connectivity index (χ0n) is 10.8. The van der Waals surface area contributed by atoms with Crippen LogP contribution in [-0.4, -0.2) is 9.55 Å². The van der Waals surface area contributed by atoms with E-state index in [9.17, 15) is 0 Å². The average Bonchev–Trinajstić information content (AvgIpc) is 2.65. The molecule has 2 aromatic carbocycles. The number of imidazole rings is 1. The fourth-order valence-corrected chi connectivity index (χ4v) is 3.32. The Hall–Kier alpha value is -1.81. The quantitative estimate of drug-likeness (QED) is 0.738. The van der Waals surface area contributed by atoms with Crippen molar-refractivity contribution in [3.05, 3.63) is 52.0 Å². The van der Waals surface area contributed by atoms with E-state index < -0.39 is 0 Å². The first-order chi connectivity index (χ1) is 9.08. The molecule has 1 heterocycles. The lowest BCUT2D eigenvalue weighted by Crippen LogP contribution is -2.03. The molecule has 0 saturated heterocycles. The van der Waals surface area contributed by atoms with Gasteiger partial charge in [0.05, 0.1) is 16.7 Å². The number of halogens is 1. The number of hydrogen-bond donors (Lipinski definition) is 1. The SMILES string of the molecule is Cc1cc(C)c(-n2c(N)nc3ccccc32)c(Br)c1. The zero-order chi connectivity index (χ0) is 13.6. The highest BCUT2D eigenvalue weighted by atomic mass is 79.9. The summed E-state index contributed by atoms with van der Waals surface area (Å²) in [5, 5.41) is 0. The fraction of sp³-hybridized carbons (Fsp3) is 0.133. The van der Waals surface area contributed by atoms with Gasteiger partial charge in [-0.3, -0.25) is 4.57 Å². The highest BCUT2D eigenvalue weighted by Crippen LogP contribution is 2.31. The lowest BCUT2D eigenvalue weighted by Gasteiger charge is -2.13. The molecule has 0 aliphatic carbocycles. The summed E-state index contributed by atoms with van der Waals surface area (Å²) in [6, 6.07) is 12.2. The van der Waals surface area contributed by atoms with Gasteiger partial charge in [0.25, 0.3) is 0 Å². The van der Waals surface area contributed by atoms with E-state index in [2.05, 4.69) is 46.9 Å². The maximum atomic E-state index is 6.09. The number of fused-ring (bicyclic) bond motifs is 1. The van der Waals surface area contributed by atoms with Crippen molar-refractivity contribution in [1.82, 2.24) is 9.55 Å². The first-order valence-corrected chi connectivity index (χ1v) is 6.87. The van der Waals surface area contributed by atoms with Gasteiger partial charge in [0.2, 0.25) is 5.95 Å². The number of rotatable bonds is 1. The van der Waals surface area contributed by atoms with Crippen LogP contribution < -0.4 is 5.73 Å². The third-order valence-corrected chi connectivity index (χ3v) is 3.81. The Morgan fingerprint density at radius 2 is 1.89 bits per heavy atom. The Balaban J connectivity index is 2.40. The lowest BCUT2D eigenvalue weighted by molar-refractivity contribution is 1.08. The predicted octanol–water partition coefficient (Wildman–Crippen LogP) is 3.99. The van der Waals surface area contributed by atoms with Gasteiger partial charge < -0.3 is 5.73 Å². The number of anilines is 1. The van der Waals surface area contributed by atoms with Crippen LogP contribution in [-0.2, 0) is 0 Å². The minimum Gasteiger partial charge on any atom is -0.369 e. The van der Waals surface area contributed by atoms with E-state index in [0.29, 0.717) is 5.95 Å². The highest BCUT2D eigenvalue weighted by molar-refractivity contribution is 9.10. The van der Waals surface area contributed by atoms with Crippen LogP contribution in [0.3, 0.4) is 0 Å². The summed E-state index contributed by atoms with van der Waals surface area (Å²) in [5.74, 6) is 0.508. The summed E-state index contributed by atoms with van der Waals surface area (Å²) in [4.78, 5) is 4.41. The number of nitrogen functional groups attached to an aromatic ring is 1. The molecule has 0 spiro atoms. The van der Waals surface area contributed by atoms with E-state index >= 15 is 0 Å². The summed E-state index contributed by atoms with van der Waals surface area (Å²) in [6.07, 6.45) is 0. The molecule has 0 unspecified atom stereocenters. The summed E-state index contributed by atoms with van der Waals surface area (Å²) in [7, 11) is 0. The molecule has 96 valence electrons. The van der Waals surface area contributed by atoms with E-state index in [-0.39, 0.29) is 0 Å². The second kappa shape index (κ2) is 4.38. The Morgan fingerprint density at radius 1 is 1.16 bits per heavy atom. The van der Waals surface area contributed by atoms with Crippen molar-refractivity contribution < 1.29 is 0 Å². The van der Waals surface area contributed by atoms with Gasteiger partial charge in [-0.25, -0.2) is 4.98 Å². The highest BCUT2D eigenvalue weighted by Gasteiger charge is 2.14. The van der Waals surface area contributed by atoms with Crippen molar-refractivity contribution in [3.8, 4) is 5.69 Å². The average molecular weight is 316 g/mol. The molecule has 0 aliphatic rings. The molecule has 0 atom stereocenters. The van der Waals surface area contributed by atoms with E-state index in [1.807, 2.05) is 28.8 Å². The molecule has 0 bridgehead atoms. The second-order valence-corrected chi connectivity index (χ2v) is 5.56. The van der Waals surface area contributed by atoms with E-state index in [1.165, 1.54) is 11.1 Å². The molecule has 3 nitrogen and oxygen atoms in total. The van der Waals surface area contributed by atoms with Gasteiger partial charge in [-0.2, -0.15) is 0 Å². The second-order valence-electron chi connectivity index (χ2n) is 4.71. The monoisotopic (exact) mass is 315 g/mol. The summed E-state index contributed by atoms with van der Waals surface area (Å²) in [5.41, 5.74) is 11.5. The van der Waals surface area contributed by atoms with Crippen LogP contribution in [0.15, 0.2) is 40.9 Å². The maximum Gasteiger partial charge on any atom is 0.205 e. The molecular weight excluding hydrogens is 302 g/mol. The molecule has 0 fully saturated rings. The molecule has 3 rings (SSSR count). The molecule has 4 heteroatoms. The number of para-hydroxylation sites is 2. The number of benzene rings is 2. The molecule has 0 radical (unpaired) electrons. The number of nitrogens with zero attached hydrogens (tertiary/aromatic N) is 2. The Morgan fingerprint density at radius 3 is 2.63 bits per heavy atom. The first-order valence-electron chi connectivity index (χ1n) is 6.08. The maximum absolute atomic E-state index is 6.09. The molecular formula is C15H14BrN3. The van der Waals surface area contributed by atoms with Gasteiger partial charge >= 0.3 is 0 Å². The molecule has 0 aliphatic heterocycles. The number of nitrogens with two attached hydrogens (primary N) is 1. The van der Waals surface area contributed by atoms with Crippen LogP contribution >= 0.6 is 15.9 Å². The van der Waals surface area contributed by atoms with Crippen molar-refractivity contribution in [3.63, 3.8) is 0 Å². The smallest absolute Gasteiger partial charge is 0.205 e. The van der Waals surface area contributed by atoms with Gasteiger partial charge in [0, 0.05) is 4.47 Å². The molecule has 1 aromatic heterocycles. The standard InChI is InChI=1S/C15H14BrN3/c1-9-7-10(2)14(11(16)8-9)19-13-6-4-3-5-12(13)18-15(19)17/h3-8H,1-2H3,(H2,17,18). The van der Waals surface area contributed by atoms with Gasteiger partial charge in [-0.15, -0.1) is 0 Å². The Kier molecular flexibility index (Phi) is 2.82. The van der Waals surface area contributed by atoms with Crippen LogP contribution in [0.2, 0.25) is 0 Å². The van der Waals surface area contributed by atoms with Gasteiger partial charge in [-0.05, 0) is 59.1 Å². The van der Waals surface area contributed by atoms with Crippen LogP contribution in [0, 0.1) is 13.8 Å². The van der Waals surface area contributed by atoms with Crippen LogP contribution in [0.5, 0.6) is 0 Å². The predicted molar refractivity (Wildman–Crippen MR) is 82.7 cm³/mol. The molecule has 19 heavy (non-hydrogen) atoms. The topological polar surface area (TPSA) is 43.8 Å². The zero-order valence-corrected chi connectivity index (χ0v) is 12.4. The Labute approximate surface area is 120 Å². The summed E-state index contributed by atoms with van der Waals surface area (Å²) < 4.78 is 3.02. The van der Waals surface area contributed by atoms with Gasteiger partial charge in [0.1, 0.15) is 0 Å². The lowest BCUT2D eigenvalue weighted by atomic mass is 10.1. The number of aryl methyl sites for hydroxylation is 2. The summed E-state index contributed by atoms with van der Waals surface area (Å²) in [6.45, 7) is 4.16. The molecule has 2 N–H and O–H groups in total. The minimum absolute atomic E-state index is 0.508. The number of aromatic nitrogens is 2. The van der Waals surface area contributed by atoms with Crippen molar-refractivity contribution in [2.24, 2.45) is 0 Å². The third kappa shape index (κ3) is 1.92. The number of hydrogen-bond acceptors (Lipinski definition) is 2.